The van der Waals surface area contributed by atoms with Crippen molar-refractivity contribution in [3.63, 3.8) is 0 Å². The zero-order valence-corrected chi connectivity index (χ0v) is 13.7. The molecule has 112 valence electrons. The van der Waals surface area contributed by atoms with Gasteiger partial charge >= 0.3 is 0 Å². The Balaban J connectivity index is 6.12. The van der Waals surface area contributed by atoms with Crippen LogP contribution in [0, 0.1) is 0 Å². The van der Waals surface area contributed by atoms with Crippen molar-refractivity contribution in [1.29, 1.82) is 0 Å². The normalized spacial score (nSPS) is 14.4. The first kappa shape index (κ1) is 18.7. The van der Waals surface area contributed by atoms with Crippen LogP contribution in [0.1, 0.15) is 27.7 Å². The van der Waals surface area contributed by atoms with Crippen LogP contribution in [-0.4, -0.2) is 4.90 Å². The number of nitrogens with zero attached hydrogens (tertiary/aromatic N) is 1. The summed E-state index contributed by atoms with van der Waals surface area (Å²) in [7, 11) is 0. The maximum Gasteiger partial charge on any atom is 0.0454 e. The first-order valence-electron chi connectivity index (χ1n) is 7.16. The molecule has 0 unspecified atom stereocenters. The largest absolute Gasteiger partial charge is 0.315 e. The summed E-state index contributed by atoms with van der Waals surface area (Å²) < 4.78 is 0. The van der Waals surface area contributed by atoms with Gasteiger partial charge in [0.15, 0.2) is 0 Å². The van der Waals surface area contributed by atoms with Crippen molar-refractivity contribution in [2.75, 3.05) is 0 Å². The van der Waals surface area contributed by atoms with E-state index < -0.39 is 0 Å². The summed E-state index contributed by atoms with van der Waals surface area (Å²) in [6, 6.07) is 0. The molecule has 0 saturated carbocycles. The van der Waals surface area contributed by atoms with Gasteiger partial charge in [-0.25, -0.2) is 0 Å². The van der Waals surface area contributed by atoms with E-state index in [9.17, 15) is 0 Å². The van der Waals surface area contributed by atoms with Crippen LogP contribution in [0.15, 0.2) is 97.1 Å². The van der Waals surface area contributed by atoms with Crippen LogP contribution in [0.4, 0.5) is 0 Å². The van der Waals surface area contributed by atoms with Gasteiger partial charge in [0.1, 0.15) is 0 Å². The molecule has 0 atom stereocenters. The summed E-state index contributed by atoms with van der Waals surface area (Å²) in [6.07, 6.45) is 21.9. The van der Waals surface area contributed by atoms with Crippen LogP contribution in [0.5, 0.6) is 0 Å². The molecule has 0 amide bonds. The van der Waals surface area contributed by atoms with Crippen LogP contribution >= 0.6 is 0 Å². The maximum atomic E-state index is 3.81. The molecular formula is C20H27N. The fraction of sp³-hybridized carbons (Fsp3) is 0.200. The SMILES string of the molecule is C=C/C=C(\C)N(C(/C=C\C)=C/C=C)C(/C=C\C)=C/C=C\C. The standard InChI is InChI=1S/C20H27N/c1-7-12-17-20(16-11-5)21(18(6)13-8-2)19(14-9-3)15-10-4/h7-17H,2-3H2,1,4-6H3/b12-7-,15-10-,16-11-,18-13+,19-14+,20-17+. The molecule has 1 nitrogen and oxygen atoms in total. The van der Waals surface area contributed by atoms with Crippen molar-refractivity contribution in [1.82, 2.24) is 4.90 Å². The van der Waals surface area contributed by atoms with Crippen molar-refractivity contribution >= 4 is 0 Å². The van der Waals surface area contributed by atoms with E-state index in [1.807, 2.05) is 57.2 Å². The van der Waals surface area contributed by atoms with E-state index in [1.165, 1.54) is 0 Å². The van der Waals surface area contributed by atoms with Gasteiger partial charge in [-0.1, -0.05) is 49.6 Å². The highest BCUT2D eigenvalue weighted by molar-refractivity contribution is 5.37. The Morgan fingerprint density at radius 1 is 0.762 bits per heavy atom. The third kappa shape index (κ3) is 6.62. The summed E-state index contributed by atoms with van der Waals surface area (Å²) in [5.41, 5.74) is 3.22. The average Bonchev–Trinajstić information content (AvgIpc) is 2.45. The zero-order valence-electron chi connectivity index (χ0n) is 13.7. The van der Waals surface area contributed by atoms with Gasteiger partial charge in [-0.05, 0) is 58.1 Å². The summed E-state index contributed by atoms with van der Waals surface area (Å²) in [5, 5.41) is 0. The van der Waals surface area contributed by atoms with Gasteiger partial charge in [-0.3, -0.25) is 0 Å². The smallest absolute Gasteiger partial charge is 0.0454 e. The van der Waals surface area contributed by atoms with Gasteiger partial charge in [0.2, 0.25) is 0 Å². The van der Waals surface area contributed by atoms with Crippen molar-refractivity contribution in [3.8, 4) is 0 Å². The number of hydrogen-bond acceptors (Lipinski definition) is 1. The predicted molar refractivity (Wildman–Crippen MR) is 96.6 cm³/mol. The fourth-order valence-corrected chi connectivity index (χ4v) is 1.87. The van der Waals surface area contributed by atoms with Gasteiger partial charge in [0, 0.05) is 17.1 Å². The molecule has 0 spiro atoms. The van der Waals surface area contributed by atoms with Crippen molar-refractivity contribution in [2.45, 2.75) is 27.7 Å². The molecular weight excluding hydrogens is 254 g/mol. The van der Waals surface area contributed by atoms with E-state index in [-0.39, 0.29) is 0 Å². The molecule has 0 bridgehead atoms. The molecule has 0 aromatic carbocycles. The fourth-order valence-electron chi connectivity index (χ4n) is 1.87. The summed E-state index contributed by atoms with van der Waals surface area (Å²) in [6.45, 7) is 15.7. The highest BCUT2D eigenvalue weighted by Gasteiger charge is 2.11. The molecule has 0 aliphatic carbocycles. The Morgan fingerprint density at radius 3 is 1.71 bits per heavy atom. The summed E-state index contributed by atoms with van der Waals surface area (Å²) >= 11 is 0. The average molecular weight is 281 g/mol. The van der Waals surface area contributed by atoms with E-state index in [1.54, 1.807) is 12.2 Å². The van der Waals surface area contributed by atoms with Crippen LogP contribution in [-0.2, 0) is 0 Å². The molecule has 0 aliphatic rings. The van der Waals surface area contributed by atoms with Crippen LogP contribution in [0.2, 0.25) is 0 Å². The number of hydrogen-bond donors (Lipinski definition) is 0. The van der Waals surface area contributed by atoms with E-state index in [0.29, 0.717) is 0 Å². The Bertz CT molecular complexity index is 508. The van der Waals surface area contributed by atoms with Gasteiger partial charge < -0.3 is 4.90 Å². The lowest BCUT2D eigenvalue weighted by Gasteiger charge is -2.27. The minimum Gasteiger partial charge on any atom is -0.315 e. The van der Waals surface area contributed by atoms with E-state index >= 15 is 0 Å². The minimum atomic E-state index is 1.05. The zero-order chi connectivity index (χ0) is 16.1. The van der Waals surface area contributed by atoms with Gasteiger partial charge in [0.05, 0.1) is 0 Å². The number of rotatable bonds is 8. The number of allylic oxidation sites excluding steroid dienone is 12. The first-order chi connectivity index (χ1) is 10.2. The minimum absolute atomic E-state index is 1.05. The molecule has 0 aromatic rings. The highest BCUT2D eigenvalue weighted by atomic mass is 15.2. The Labute approximate surface area is 130 Å². The third-order valence-corrected chi connectivity index (χ3v) is 2.65. The lowest BCUT2D eigenvalue weighted by atomic mass is 10.2. The Morgan fingerprint density at radius 2 is 1.29 bits per heavy atom. The van der Waals surface area contributed by atoms with Gasteiger partial charge in [0.25, 0.3) is 0 Å². The monoisotopic (exact) mass is 281 g/mol. The lowest BCUT2D eigenvalue weighted by molar-refractivity contribution is 0.561. The molecule has 0 fully saturated rings. The van der Waals surface area contributed by atoms with Gasteiger partial charge in [-0.2, -0.15) is 0 Å². The Hall–Kier alpha value is -2.28. The van der Waals surface area contributed by atoms with Crippen molar-refractivity contribution in [2.24, 2.45) is 0 Å². The highest BCUT2D eigenvalue weighted by Crippen LogP contribution is 2.23. The molecule has 0 aromatic heterocycles. The quantitative estimate of drug-likeness (QED) is 0.489. The lowest BCUT2D eigenvalue weighted by Crippen LogP contribution is -2.18. The van der Waals surface area contributed by atoms with E-state index in [4.69, 9.17) is 0 Å². The molecule has 0 heterocycles. The van der Waals surface area contributed by atoms with E-state index in [0.717, 1.165) is 17.1 Å². The van der Waals surface area contributed by atoms with Crippen molar-refractivity contribution < 1.29 is 0 Å². The molecule has 0 saturated heterocycles. The van der Waals surface area contributed by atoms with Crippen LogP contribution in [0.25, 0.3) is 0 Å². The molecule has 0 radical (unpaired) electrons. The predicted octanol–water partition coefficient (Wildman–Crippen LogP) is 6.06. The second-order valence-corrected chi connectivity index (χ2v) is 4.32. The first-order valence-corrected chi connectivity index (χ1v) is 7.16. The van der Waals surface area contributed by atoms with Gasteiger partial charge in [-0.15, -0.1) is 0 Å². The second-order valence-electron chi connectivity index (χ2n) is 4.32. The molecule has 0 aliphatic heterocycles. The molecule has 0 rings (SSSR count). The van der Waals surface area contributed by atoms with Crippen LogP contribution in [0.3, 0.4) is 0 Å². The van der Waals surface area contributed by atoms with Crippen LogP contribution < -0.4 is 0 Å². The summed E-state index contributed by atoms with van der Waals surface area (Å²) in [4.78, 5) is 2.17. The van der Waals surface area contributed by atoms with E-state index in [2.05, 4.69) is 43.2 Å². The van der Waals surface area contributed by atoms with Crippen molar-refractivity contribution in [3.05, 3.63) is 97.1 Å². The molecule has 1 heteroatoms. The topological polar surface area (TPSA) is 3.24 Å². The second kappa shape index (κ2) is 11.5. The maximum absolute atomic E-state index is 3.81. The molecule has 21 heavy (non-hydrogen) atoms. The summed E-state index contributed by atoms with van der Waals surface area (Å²) in [5.74, 6) is 0. The Kier molecular flexibility index (Phi) is 10.3. The molecule has 0 N–H and O–H groups in total. The third-order valence-electron chi connectivity index (χ3n) is 2.65.